The monoisotopic (exact) mass is 207 g/mol. The molecule has 0 aliphatic carbocycles. The van der Waals surface area contributed by atoms with Gasteiger partial charge in [-0.3, -0.25) is 4.99 Å². The van der Waals surface area contributed by atoms with Crippen molar-refractivity contribution in [1.82, 2.24) is 0 Å². The second-order valence-electron chi connectivity index (χ2n) is 2.99. The Morgan fingerprint density at radius 1 is 1.21 bits per heavy atom. The van der Waals surface area contributed by atoms with Gasteiger partial charge >= 0.3 is 0 Å². The van der Waals surface area contributed by atoms with Crippen LogP contribution in [0.15, 0.2) is 35.3 Å². The van der Waals surface area contributed by atoms with Gasteiger partial charge in [-0.15, -0.1) is 11.8 Å². The van der Waals surface area contributed by atoms with Crippen LogP contribution < -0.4 is 0 Å². The average Bonchev–Trinajstić information content (AvgIpc) is 2.25. The molecule has 0 N–H and O–H groups in total. The molecule has 0 amide bonds. The largest absolute Gasteiger partial charge is 0.278 e. The first kappa shape index (κ1) is 11.3. The molecule has 0 aliphatic rings. The maximum absolute atomic E-state index is 4.58. The zero-order valence-electron chi connectivity index (χ0n) is 8.86. The van der Waals surface area contributed by atoms with Crippen LogP contribution in [0.1, 0.15) is 25.8 Å². The third-order valence-electron chi connectivity index (χ3n) is 1.78. The first-order valence-electron chi connectivity index (χ1n) is 5.11. The lowest BCUT2D eigenvalue weighted by Crippen LogP contribution is -1.97. The van der Waals surface area contributed by atoms with Gasteiger partial charge < -0.3 is 0 Å². The molecule has 0 atom stereocenters. The third-order valence-corrected chi connectivity index (χ3v) is 2.71. The molecular weight excluding hydrogens is 190 g/mol. The van der Waals surface area contributed by atoms with Crippen LogP contribution in [0.3, 0.4) is 0 Å². The summed E-state index contributed by atoms with van der Waals surface area (Å²) >= 11 is 1.82. The Labute approximate surface area is 90.6 Å². The van der Waals surface area contributed by atoms with Crippen LogP contribution in [-0.4, -0.2) is 17.3 Å². The summed E-state index contributed by atoms with van der Waals surface area (Å²) in [7, 11) is 0. The number of thioether (sulfide) groups is 1. The van der Waals surface area contributed by atoms with E-state index in [9.17, 15) is 0 Å². The van der Waals surface area contributed by atoms with E-state index >= 15 is 0 Å². The lowest BCUT2D eigenvalue weighted by Gasteiger charge is -2.04. The molecule has 0 saturated heterocycles. The molecule has 14 heavy (non-hydrogen) atoms. The minimum absolute atomic E-state index is 0.928. The van der Waals surface area contributed by atoms with Crippen molar-refractivity contribution < 1.29 is 0 Å². The predicted molar refractivity (Wildman–Crippen MR) is 66.3 cm³/mol. The zero-order chi connectivity index (χ0) is 10.2. The van der Waals surface area contributed by atoms with Gasteiger partial charge in [0.2, 0.25) is 0 Å². The first-order chi connectivity index (χ1) is 6.88. The highest BCUT2D eigenvalue weighted by molar-refractivity contribution is 8.14. The summed E-state index contributed by atoms with van der Waals surface area (Å²) in [5, 5.41) is 1.18. The number of nitrogens with zero attached hydrogens (tertiary/aromatic N) is 1. The SMILES string of the molecule is CCC/N=C(\SCC)c1ccccc1. The molecule has 1 nitrogen and oxygen atoms in total. The van der Waals surface area contributed by atoms with Gasteiger partial charge in [-0.2, -0.15) is 0 Å². The van der Waals surface area contributed by atoms with Crippen molar-refractivity contribution in [3.05, 3.63) is 35.9 Å². The number of benzene rings is 1. The number of rotatable bonds is 4. The highest BCUT2D eigenvalue weighted by Gasteiger charge is 2.00. The van der Waals surface area contributed by atoms with Crippen LogP contribution in [0.5, 0.6) is 0 Å². The van der Waals surface area contributed by atoms with E-state index in [1.54, 1.807) is 0 Å². The van der Waals surface area contributed by atoms with Crippen LogP contribution >= 0.6 is 11.8 Å². The van der Waals surface area contributed by atoms with Crippen molar-refractivity contribution in [1.29, 1.82) is 0 Å². The zero-order valence-corrected chi connectivity index (χ0v) is 9.68. The Bertz CT molecular complexity index is 280. The van der Waals surface area contributed by atoms with Crippen molar-refractivity contribution in [3.8, 4) is 0 Å². The summed E-state index contributed by atoms with van der Waals surface area (Å²) in [4.78, 5) is 4.58. The molecular formula is C12H17NS. The van der Waals surface area contributed by atoms with E-state index in [2.05, 4.69) is 43.1 Å². The first-order valence-corrected chi connectivity index (χ1v) is 6.09. The van der Waals surface area contributed by atoms with Crippen molar-refractivity contribution in [2.24, 2.45) is 4.99 Å². The molecule has 0 saturated carbocycles. The van der Waals surface area contributed by atoms with E-state index in [1.807, 2.05) is 17.8 Å². The summed E-state index contributed by atoms with van der Waals surface area (Å²) < 4.78 is 0. The third kappa shape index (κ3) is 3.54. The van der Waals surface area contributed by atoms with Crippen LogP contribution in [0.25, 0.3) is 0 Å². The quantitative estimate of drug-likeness (QED) is 0.543. The van der Waals surface area contributed by atoms with Crippen molar-refractivity contribution >= 4 is 16.8 Å². The van der Waals surface area contributed by atoms with E-state index in [4.69, 9.17) is 0 Å². The molecule has 0 unspecified atom stereocenters. The molecule has 1 aromatic rings. The van der Waals surface area contributed by atoms with Crippen LogP contribution in [0.2, 0.25) is 0 Å². The fraction of sp³-hybridized carbons (Fsp3) is 0.417. The van der Waals surface area contributed by atoms with Gasteiger partial charge in [0, 0.05) is 12.1 Å². The second kappa shape index (κ2) is 6.66. The Hall–Kier alpha value is -0.760. The Morgan fingerprint density at radius 2 is 1.93 bits per heavy atom. The summed E-state index contributed by atoms with van der Waals surface area (Å²) in [6, 6.07) is 10.4. The smallest absolute Gasteiger partial charge is 0.0976 e. The molecule has 0 bridgehead atoms. The van der Waals surface area contributed by atoms with Crippen LogP contribution in [0, 0.1) is 0 Å². The molecule has 76 valence electrons. The van der Waals surface area contributed by atoms with Crippen LogP contribution in [0.4, 0.5) is 0 Å². The Balaban J connectivity index is 2.77. The van der Waals surface area contributed by atoms with Crippen LogP contribution in [-0.2, 0) is 0 Å². The standard InChI is InChI=1S/C12H17NS/c1-3-10-13-12(14-4-2)11-8-6-5-7-9-11/h5-9H,3-4,10H2,1-2H3/b13-12-. The summed E-state index contributed by atoms with van der Waals surface area (Å²) in [5.74, 6) is 1.08. The molecule has 2 heteroatoms. The maximum atomic E-state index is 4.58. The minimum Gasteiger partial charge on any atom is -0.278 e. The summed E-state index contributed by atoms with van der Waals surface area (Å²) in [5.41, 5.74) is 1.24. The van der Waals surface area contributed by atoms with Gasteiger partial charge in [0.25, 0.3) is 0 Å². The number of hydrogen-bond acceptors (Lipinski definition) is 2. The Morgan fingerprint density at radius 3 is 2.50 bits per heavy atom. The number of hydrogen-bond donors (Lipinski definition) is 0. The highest BCUT2D eigenvalue weighted by atomic mass is 32.2. The second-order valence-corrected chi connectivity index (χ2v) is 4.24. The molecule has 0 aliphatic heterocycles. The fourth-order valence-corrected chi connectivity index (χ4v) is 1.91. The molecule has 1 rings (SSSR count). The Kier molecular flexibility index (Phi) is 5.38. The van der Waals surface area contributed by atoms with Gasteiger partial charge in [0.1, 0.15) is 0 Å². The maximum Gasteiger partial charge on any atom is 0.0976 e. The van der Waals surface area contributed by atoms with Crippen molar-refractivity contribution in [3.63, 3.8) is 0 Å². The molecule has 0 aromatic heterocycles. The minimum atomic E-state index is 0.928. The fourth-order valence-electron chi connectivity index (χ4n) is 1.15. The van der Waals surface area contributed by atoms with E-state index in [0.29, 0.717) is 0 Å². The molecule has 0 fully saturated rings. The average molecular weight is 207 g/mol. The molecule has 1 aromatic carbocycles. The van der Waals surface area contributed by atoms with E-state index in [-0.39, 0.29) is 0 Å². The predicted octanol–water partition coefficient (Wildman–Crippen LogP) is 3.60. The summed E-state index contributed by atoms with van der Waals surface area (Å²) in [6.45, 7) is 5.25. The lowest BCUT2D eigenvalue weighted by atomic mass is 10.2. The topological polar surface area (TPSA) is 12.4 Å². The molecule has 0 heterocycles. The molecule has 0 radical (unpaired) electrons. The van der Waals surface area contributed by atoms with Gasteiger partial charge in [-0.25, -0.2) is 0 Å². The molecule has 0 spiro atoms. The van der Waals surface area contributed by atoms with E-state index < -0.39 is 0 Å². The number of aliphatic imine (C=N–C) groups is 1. The normalized spacial score (nSPS) is 11.7. The highest BCUT2D eigenvalue weighted by Crippen LogP contribution is 2.13. The lowest BCUT2D eigenvalue weighted by molar-refractivity contribution is 0.936. The van der Waals surface area contributed by atoms with Crippen molar-refractivity contribution in [2.45, 2.75) is 20.3 Å². The van der Waals surface area contributed by atoms with E-state index in [0.717, 1.165) is 18.7 Å². The van der Waals surface area contributed by atoms with E-state index in [1.165, 1.54) is 10.6 Å². The van der Waals surface area contributed by atoms with Gasteiger partial charge in [-0.1, -0.05) is 44.2 Å². The summed E-state index contributed by atoms with van der Waals surface area (Å²) in [6.07, 6.45) is 1.11. The van der Waals surface area contributed by atoms with Gasteiger partial charge in [0.15, 0.2) is 0 Å². The van der Waals surface area contributed by atoms with Gasteiger partial charge in [-0.05, 0) is 12.2 Å². The van der Waals surface area contributed by atoms with Crippen molar-refractivity contribution in [2.75, 3.05) is 12.3 Å². The van der Waals surface area contributed by atoms with Gasteiger partial charge in [0.05, 0.1) is 5.04 Å².